The Morgan fingerprint density at radius 1 is 1.00 bits per heavy atom. The van der Waals surface area contributed by atoms with Crippen LogP contribution in [0.1, 0.15) is 59.3 Å². The van der Waals surface area contributed by atoms with Crippen molar-refractivity contribution in [2.45, 2.75) is 65.3 Å². The highest BCUT2D eigenvalue weighted by molar-refractivity contribution is 4.75. The van der Waals surface area contributed by atoms with E-state index in [2.05, 4.69) is 26.1 Å². The van der Waals surface area contributed by atoms with E-state index >= 15 is 0 Å². The fourth-order valence-electron chi connectivity index (χ4n) is 2.40. The van der Waals surface area contributed by atoms with E-state index in [1.807, 2.05) is 0 Å². The van der Waals surface area contributed by atoms with Crippen molar-refractivity contribution in [1.29, 1.82) is 0 Å². The van der Waals surface area contributed by atoms with Crippen molar-refractivity contribution in [2.24, 2.45) is 11.8 Å². The van der Waals surface area contributed by atoms with Gasteiger partial charge in [-0.15, -0.1) is 0 Å². The van der Waals surface area contributed by atoms with Crippen LogP contribution in [0.25, 0.3) is 0 Å². The topological polar surface area (TPSA) is 12.0 Å². The summed E-state index contributed by atoms with van der Waals surface area (Å²) in [6, 6.07) is 0.732. The van der Waals surface area contributed by atoms with E-state index in [4.69, 9.17) is 0 Å². The van der Waals surface area contributed by atoms with Gasteiger partial charge in [0, 0.05) is 6.04 Å². The molecule has 0 bridgehead atoms. The molecule has 1 aliphatic rings. The number of hydrogen-bond acceptors (Lipinski definition) is 1. The average molecular weight is 197 g/mol. The summed E-state index contributed by atoms with van der Waals surface area (Å²) in [6.45, 7) is 8.12. The van der Waals surface area contributed by atoms with E-state index in [-0.39, 0.29) is 0 Å². The van der Waals surface area contributed by atoms with E-state index < -0.39 is 0 Å². The highest BCUT2D eigenvalue weighted by atomic mass is 14.9. The van der Waals surface area contributed by atoms with Crippen molar-refractivity contribution in [1.82, 2.24) is 5.32 Å². The van der Waals surface area contributed by atoms with Crippen LogP contribution < -0.4 is 5.32 Å². The maximum atomic E-state index is 3.68. The van der Waals surface area contributed by atoms with Crippen LogP contribution in [0.3, 0.4) is 0 Å². The first-order valence-corrected chi connectivity index (χ1v) is 6.43. The van der Waals surface area contributed by atoms with Crippen LogP contribution in [-0.2, 0) is 0 Å². The molecule has 1 rings (SSSR count). The minimum absolute atomic E-state index is 0.732. The Labute approximate surface area is 89.7 Å². The smallest absolute Gasteiger partial charge is 0.00671 e. The van der Waals surface area contributed by atoms with Gasteiger partial charge in [0.1, 0.15) is 0 Å². The van der Waals surface area contributed by atoms with Gasteiger partial charge in [-0.2, -0.15) is 0 Å². The molecule has 0 unspecified atom stereocenters. The second-order valence-electron chi connectivity index (χ2n) is 5.34. The highest BCUT2D eigenvalue weighted by Crippen LogP contribution is 2.25. The van der Waals surface area contributed by atoms with Gasteiger partial charge >= 0.3 is 0 Å². The largest absolute Gasteiger partial charge is 0.314 e. The molecule has 14 heavy (non-hydrogen) atoms. The maximum absolute atomic E-state index is 3.68. The van der Waals surface area contributed by atoms with Gasteiger partial charge in [0.15, 0.2) is 0 Å². The third-order valence-electron chi connectivity index (χ3n) is 3.46. The first-order chi connectivity index (χ1) is 6.70. The predicted octanol–water partition coefficient (Wildman–Crippen LogP) is 3.59. The van der Waals surface area contributed by atoms with Gasteiger partial charge in [0.25, 0.3) is 0 Å². The van der Waals surface area contributed by atoms with Crippen molar-refractivity contribution in [2.75, 3.05) is 6.54 Å². The lowest BCUT2D eigenvalue weighted by molar-refractivity contribution is 0.327. The average Bonchev–Trinajstić information content (AvgIpc) is 2.42. The van der Waals surface area contributed by atoms with Crippen LogP contribution in [0.4, 0.5) is 0 Å². The van der Waals surface area contributed by atoms with Crippen LogP contribution >= 0.6 is 0 Å². The fraction of sp³-hybridized carbons (Fsp3) is 1.00. The van der Waals surface area contributed by atoms with Crippen molar-refractivity contribution in [3.8, 4) is 0 Å². The molecule has 1 atom stereocenters. The lowest BCUT2D eigenvalue weighted by atomic mass is 9.93. The standard InChI is InChI=1S/C13H27N/c1-11(2)10-14-12(3)13-8-6-4-5-7-9-13/h11-14H,4-10H2,1-3H3/t12-/m0/s1. The van der Waals surface area contributed by atoms with E-state index in [0.717, 1.165) is 17.9 Å². The zero-order valence-corrected chi connectivity index (χ0v) is 10.2. The van der Waals surface area contributed by atoms with Gasteiger partial charge in [-0.25, -0.2) is 0 Å². The molecule has 1 N–H and O–H groups in total. The Bertz CT molecular complexity index is 134. The van der Waals surface area contributed by atoms with Crippen LogP contribution in [0.2, 0.25) is 0 Å². The number of hydrogen-bond donors (Lipinski definition) is 1. The minimum atomic E-state index is 0.732. The van der Waals surface area contributed by atoms with Crippen molar-refractivity contribution >= 4 is 0 Å². The van der Waals surface area contributed by atoms with Gasteiger partial charge in [-0.3, -0.25) is 0 Å². The molecule has 1 nitrogen and oxygen atoms in total. The zero-order chi connectivity index (χ0) is 10.4. The Morgan fingerprint density at radius 2 is 1.57 bits per heavy atom. The molecule has 0 heterocycles. The summed E-state index contributed by atoms with van der Waals surface area (Å²) in [5.41, 5.74) is 0. The fourth-order valence-corrected chi connectivity index (χ4v) is 2.40. The Morgan fingerprint density at radius 3 is 2.07 bits per heavy atom. The summed E-state index contributed by atoms with van der Waals surface area (Å²) >= 11 is 0. The number of rotatable bonds is 4. The second-order valence-corrected chi connectivity index (χ2v) is 5.34. The molecule has 1 aliphatic carbocycles. The zero-order valence-electron chi connectivity index (χ0n) is 10.2. The quantitative estimate of drug-likeness (QED) is 0.679. The third-order valence-corrected chi connectivity index (χ3v) is 3.46. The summed E-state index contributed by atoms with van der Waals surface area (Å²) in [5.74, 6) is 1.72. The number of nitrogens with one attached hydrogen (secondary N) is 1. The second kappa shape index (κ2) is 6.44. The molecule has 1 fully saturated rings. The predicted molar refractivity (Wildman–Crippen MR) is 63.5 cm³/mol. The molecule has 0 saturated heterocycles. The molecular weight excluding hydrogens is 170 g/mol. The van der Waals surface area contributed by atoms with Crippen LogP contribution in [0.5, 0.6) is 0 Å². The highest BCUT2D eigenvalue weighted by Gasteiger charge is 2.18. The molecule has 0 aromatic rings. The lowest BCUT2D eigenvalue weighted by Crippen LogP contribution is -2.35. The van der Waals surface area contributed by atoms with E-state index in [9.17, 15) is 0 Å². The van der Waals surface area contributed by atoms with Gasteiger partial charge in [0.2, 0.25) is 0 Å². The summed E-state index contributed by atoms with van der Waals surface area (Å²) in [4.78, 5) is 0. The first-order valence-electron chi connectivity index (χ1n) is 6.43. The Balaban J connectivity index is 2.23. The molecule has 84 valence electrons. The molecular formula is C13H27N. The molecule has 0 amide bonds. The molecule has 0 radical (unpaired) electrons. The lowest BCUT2D eigenvalue weighted by Gasteiger charge is -2.24. The van der Waals surface area contributed by atoms with Crippen LogP contribution in [0.15, 0.2) is 0 Å². The monoisotopic (exact) mass is 197 g/mol. The first kappa shape index (κ1) is 12.0. The van der Waals surface area contributed by atoms with Crippen LogP contribution in [0, 0.1) is 11.8 Å². The third kappa shape index (κ3) is 4.45. The molecule has 1 heteroatoms. The molecule has 0 aromatic carbocycles. The summed E-state index contributed by atoms with van der Waals surface area (Å²) in [5, 5.41) is 3.68. The normalized spacial score (nSPS) is 22.3. The Kier molecular flexibility index (Phi) is 5.54. The van der Waals surface area contributed by atoms with Gasteiger partial charge in [-0.05, 0) is 38.1 Å². The van der Waals surface area contributed by atoms with Gasteiger partial charge < -0.3 is 5.32 Å². The summed E-state index contributed by atoms with van der Waals surface area (Å²) in [6.07, 6.45) is 8.75. The SMILES string of the molecule is CC(C)CN[C@@H](C)C1CCCCCC1. The maximum Gasteiger partial charge on any atom is 0.00671 e. The minimum Gasteiger partial charge on any atom is -0.314 e. The van der Waals surface area contributed by atoms with Gasteiger partial charge in [-0.1, -0.05) is 39.5 Å². The molecule has 0 aliphatic heterocycles. The molecule has 1 saturated carbocycles. The molecule has 0 aromatic heterocycles. The van der Waals surface area contributed by atoms with E-state index in [1.165, 1.54) is 45.1 Å². The van der Waals surface area contributed by atoms with Crippen molar-refractivity contribution in [3.05, 3.63) is 0 Å². The van der Waals surface area contributed by atoms with Crippen molar-refractivity contribution in [3.63, 3.8) is 0 Å². The molecule has 0 spiro atoms. The Hall–Kier alpha value is -0.0400. The van der Waals surface area contributed by atoms with E-state index in [0.29, 0.717) is 0 Å². The van der Waals surface area contributed by atoms with Gasteiger partial charge in [0.05, 0.1) is 0 Å². The van der Waals surface area contributed by atoms with E-state index in [1.54, 1.807) is 0 Å². The van der Waals surface area contributed by atoms with Crippen LogP contribution in [-0.4, -0.2) is 12.6 Å². The summed E-state index contributed by atoms with van der Waals surface area (Å²) < 4.78 is 0. The van der Waals surface area contributed by atoms with Crippen molar-refractivity contribution < 1.29 is 0 Å². The summed E-state index contributed by atoms with van der Waals surface area (Å²) in [7, 11) is 0.